The molecule has 0 spiro atoms. The van der Waals surface area contributed by atoms with E-state index < -0.39 is 0 Å². The molecule has 0 aromatic heterocycles. The Labute approximate surface area is 104 Å². The van der Waals surface area contributed by atoms with E-state index in [9.17, 15) is 0 Å². The van der Waals surface area contributed by atoms with Crippen LogP contribution in [0.25, 0.3) is 0 Å². The smallest absolute Gasteiger partial charge is 0.0798 e. The minimum absolute atomic E-state index is 1.10. The van der Waals surface area contributed by atoms with Crippen molar-refractivity contribution in [3.8, 4) is 0 Å². The Morgan fingerprint density at radius 2 is 1.81 bits per heavy atom. The Morgan fingerprint density at radius 1 is 1.19 bits per heavy atom. The lowest BCUT2D eigenvalue weighted by molar-refractivity contribution is 1.22. The van der Waals surface area contributed by atoms with Crippen molar-refractivity contribution in [1.82, 2.24) is 0 Å². The van der Waals surface area contributed by atoms with Crippen LogP contribution in [0.5, 0.6) is 0 Å². The van der Waals surface area contributed by atoms with Gasteiger partial charge in [0.05, 0.1) is 0 Å². The molecule has 0 atom stereocenters. The summed E-state index contributed by atoms with van der Waals surface area (Å²) in [5, 5.41) is 0. The summed E-state index contributed by atoms with van der Waals surface area (Å²) in [5.41, 5.74) is 0. The van der Waals surface area contributed by atoms with E-state index in [-0.39, 0.29) is 0 Å². The average molecular weight is 235 g/mol. The van der Waals surface area contributed by atoms with Gasteiger partial charge in [0.15, 0.2) is 9.80 Å². The van der Waals surface area contributed by atoms with Crippen LogP contribution in [-0.4, -0.2) is 0 Å². The molecule has 0 fully saturated rings. The molecule has 1 aromatic rings. The van der Waals surface area contributed by atoms with Crippen LogP contribution in [-0.2, 0) is 11.8 Å². The molecule has 0 aliphatic carbocycles. The quantitative estimate of drug-likeness (QED) is 0.401. The Bertz CT molecular complexity index is 309. The van der Waals surface area contributed by atoms with E-state index in [4.69, 9.17) is 0 Å². The van der Waals surface area contributed by atoms with Crippen molar-refractivity contribution in [2.45, 2.75) is 39.0 Å². The average Bonchev–Trinajstić information content (AvgIpc) is 2.38. The first kappa shape index (κ1) is 15.0. The maximum Gasteiger partial charge on any atom is 0.158 e. The summed E-state index contributed by atoms with van der Waals surface area (Å²) in [4.78, 5) is 2.71. The highest BCUT2D eigenvalue weighted by Gasteiger charge is 2.04. The first-order chi connectivity index (χ1) is 7.86. The molecule has 88 valence electrons. The van der Waals surface area contributed by atoms with Gasteiger partial charge >= 0.3 is 0 Å². The highest BCUT2D eigenvalue weighted by molar-refractivity contribution is 7.83. The molecule has 0 N–H and O–H groups in total. The van der Waals surface area contributed by atoms with Crippen LogP contribution in [0.4, 0.5) is 0 Å². The van der Waals surface area contributed by atoms with Gasteiger partial charge in [-0.3, -0.25) is 0 Å². The van der Waals surface area contributed by atoms with Crippen LogP contribution in [0.15, 0.2) is 58.4 Å². The number of thiol groups is 1. The second kappa shape index (κ2) is 10.6. The van der Waals surface area contributed by atoms with Gasteiger partial charge in [0.25, 0.3) is 0 Å². The van der Waals surface area contributed by atoms with Gasteiger partial charge in [-0.05, 0) is 37.6 Å². The molecule has 0 radical (unpaired) electrons. The van der Waals surface area contributed by atoms with Crippen molar-refractivity contribution >= 4 is 11.8 Å². The van der Waals surface area contributed by atoms with Crippen molar-refractivity contribution in [3.05, 3.63) is 53.5 Å². The predicted molar refractivity (Wildman–Crippen MR) is 78.0 cm³/mol. The number of allylic oxidation sites excluding steroid dienone is 3. The zero-order valence-electron chi connectivity index (χ0n) is 10.8. The van der Waals surface area contributed by atoms with Crippen LogP contribution < -0.4 is 0 Å². The van der Waals surface area contributed by atoms with E-state index in [0.717, 1.165) is 6.42 Å². The first-order valence-corrected chi connectivity index (χ1v) is 6.86. The molecule has 0 heterocycles. The fourth-order valence-corrected chi connectivity index (χ4v) is 2.02. The topological polar surface area (TPSA) is 0 Å². The number of rotatable bonds is 4. The van der Waals surface area contributed by atoms with E-state index >= 15 is 0 Å². The van der Waals surface area contributed by atoms with E-state index in [1.54, 1.807) is 0 Å². The molecule has 0 unspecified atom stereocenters. The summed E-state index contributed by atoms with van der Waals surface area (Å²) in [7, 11) is 0. The molecule has 1 aromatic carbocycles. The highest BCUT2D eigenvalue weighted by Crippen LogP contribution is 2.11. The molecule has 0 aliphatic heterocycles. The molecule has 0 amide bonds. The number of benzene rings is 1. The lowest BCUT2D eigenvalue weighted by Crippen LogP contribution is -1.84. The fourth-order valence-electron chi connectivity index (χ4n) is 1.09. The van der Waals surface area contributed by atoms with E-state index in [0.29, 0.717) is 0 Å². The summed E-state index contributed by atoms with van der Waals surface area (Å²) in [5.74, 6) is 0. The summed E-state index contributed by atoms with van der Waals surface area (Å²) < 4.78 is 0. The normalized spacial score (nSPS) is 11.1. The van der Waals surface area contributed by atoms with Crippen molar-refractivity contribution in [2.75, 3.05) is 0 Å². The Kier molecular flexibility index (Phi) is 9.94. The third-order valence-corrected chi connectivity index (χ3v) is 3.06. The van der Waals surface area contributed by atoms with Crippen LogP contribution in [0.1, 0.15) is 34.1 Å². The first-order valence-electron chi connectivity index (χ1n) is 5.96. The SMILES string of the molecule is C/C=C(\C=C/CC)[SH+]c1ccccc1.CC. The summed E-state index contributed by atoms with van der Waals surface area (Å²) in [6.07, 6.45) is 7.67. The second-order valence-corrected chi connectivity index (χ2v) is 4.23. The second-order valence-electron chi connectivity index (χ2n) is 2.97. The predicted octanol–water partition coefficient (Wildman–Crippen LogP) is 4.76. The van der Waals surface area contributed by atoms with E-state index in [2.05, 4.69) is 62.4 Å². The van der Waals surface area contributed by atoms with Gasteiger partial charge in [0.2, 0.25) is 0 Å². The van der Waals surface area contributed by atoms with Crippen molar-refractivity contribution < 1.29 is 0 Å². The maximum absolute atomic E-state index is 2.20. The minimum atomic E-state index is 1.10. The Balaban J connectivity index is 0.00000106. The Hall–Kier alpha value is -0.950. The summed E-state index contributed by atoms with van der Waals surface area (Å²) in [6, 6.07) is 10.5. The van der Waals surface area contributed by atoms with Gasteiger partial charge in [0.1, 0.15) is 0 Å². The zero-order chi connectivity index (χ0) is 12.2. The van der Waals surface area contributed by atoms with Crippen LogP contribution in [0.3, 0.4) is 0 Å². The molecule has 0 saturated carbocycles. The van der Waals surface area contributed by atoms with Crippen molar-refractivity contribution in [2.24, 2.45) is 0 Å². The molecule has 1 heteroatoms. The van der Waals surface area contributed by atoms with Crippen LogP contribution in [0.2, 0.25) is 0 Å². The zero-order valence-corrected chi connectivity index (χ0v) is 11.7. The molecule has 16 heavy (non-hydrogen) atoms. The molecule has 0 saturated heterocycles. The number of hydrogen-bond donors (Lipinski definition) is 0. The molecular formula is C15H23S+. The van der Waals surface area contributed by atoms with E-state index in [1.807, 2.05) is 13.8 Å². The maximum atomic E-state index is 2.20. The highest BCUT2D eigenvalue weighted by atomic mass is 32.2. The monoisotopic (exact) mass is 235 g/mol. The molecule has 1 rings (SSSR count). The van der Waals surface area contributed by atoms with Crippen molar-refractivity contribution in [3.63, 3.8) is 0 Å². The molecular weight excluding hydrogens is 212 g/mol. The van der Waals surface area contributed by atoms with Crippen LogP contribution >= 0.6 is 0 Å². The van der Waals surface area contributed by atoms with Crippen LogP contribution in [0, 0.1) is 0 Å². The van der Waals surface area contributed by atoms with Gasteiger partial charge in [-0.2, -0.15) is 0 Å². The van der Waals surface area contributed by atoms with Gasteiger partial charge < -0.3 is 0 Å². The fraction of sp³-hybridized carbons (Fsp3) is 0.333. The lowest BCUT2D eigenvalue weighted by Gasteiger charge is -1.91. The lowest BCUT2D eigenvalue weighted by atomic mass is 10.4. The third kappa shape index (κ3) is 6.52. The summed E-state index contributed by atoms with van der Waals surface area (Å²) in [6.45, 7) is 8.24. The van der Waals surface area contributed by atoms with E-state index in [1.165, 1.54) is 21.6 Å². The molecule has 0 nitrogen and oxygen atoms in total. The number of hydrogen-bond acceptors (Lipinski definition) is 0. The van der Waals surface area contributed by atoms with Gasteiger partial charge in [0, 0.05) is 11.8 Å². The van der Waals surface area contributed by atoms with Gasteiger partial charge in [-0.15, -0.1) is 0 Å². The van der Waals surface area contributed by atoms with Gasteiger partial charge in [-0.25, -0.2) is 0 Å². The van der Waals surface area contributed by atoms with Crippen molar-refractivity contribution in [1.29, 1.82) is 0 Å². The third-order valence-electron chi connectivity index (χ3n) is 1.83. The summed E-state index contributed by atoms with van der Waals surface area (Å²) >= 11 is 1.29. The largest absolute Gasteiger partial charge is 0.158 e. The standard InChI is InChI=1S/C13H16S.C2H6/c1-3-5-9-12(4-2)14-13-10-7-6-8-11-13;1-2/h4-11H,3H2,1-2H3;1-2H3/p+1/b9-5-,12-4+;. The molecule has 0 bridgehead atoms. The Morgan fingerprint density at radius 3 is 2.31 bits per heavy atom. The molecule has 0 aliphatic rings. The minimum Gasteiger partial charge on any atom is -0.0798 e. The van der Waals surface area contributed by atoms with Gasteiger partial charge in [-0.1, -0.05) is 45.0 Å².